The summed E-state index contributed by atoms with van der Waals surface area (Å²) in [6.07, 6.45) is 3.01. The zero-order valence-corrected chi connectivity index (χ0v) is 11.2. The molecule has 0 aliphatic carbocycles. The standard InChI is InChI=1S/C13H22N2O3/c1-10-4-3-6-14(8-10)13(17)15-7-5-11(9-15)12(16)18-2/h10-11H,3-9H2,1-2H3. The zero-order chi connectivity index (χ0) is 13.1. The second kappa shape index (κ2) is 5.59. The topological polar surface area (TPSA) is 49.9 Å². The smallest absolute Gasteiger partial charge is 0.320 e. The lowest BCUT2D eigenvalue weighted by atomic mass is 10.0. The maximum atomic E-state index is 12.3. The first-order valence-electron chi connectivity index (χ1n) is 6.73. The van der Waals surface area contributed by atoms with E-state index in [1.807, 2.05) is 4.90 Å². The first-order chi connectivity index (χ1) is 8.61. The summed E-state index contributed by atoms with van der Waals surface area (Å²) in [7, 11) is 1.40. The zero-order valence-electron chi connectivity index (χ0n) is 11.2. The first-order valence-corrected chi connectivity index (χ1v) is 6.73. The molecule has 102 valence electrons. The number of hydrogen-bond acceptors (Lipinski definition) is 3. The van der Waals surface area contributed by atoms with Crippen LogP contribution in [0.5, 0.6) is 0 Å². The lowest BCUT2D eigenvalue weighted by Gasteiger charge is -2.34. The van der Waals surface area contributed by atoms with Crippen molar-refractivity contribution in [1.29, 1.82) is 0 Å². The number of ether oxygens (including phenoxy) is 1. The maximum Gasteiger partial charge on any atom is 0.320 e. The van der Waals surface area contributed by atoms with E-state index >= 15 is 0 Å². The number of piperidine rings is 1. The predicted octanol–water partition coefficient (Wildman–Crippen LogP) is 1.33. The molecule has 0 radical (unpaired) electrons. The lowest BCUT2D eigenvalue weighted by molar-refractivity contribution is -0.144. The normalized spacial score (nSPS) is 28.3. The molecule has 18 heavy (non-hydrogen) atoms. The molecule has 2 unspecified atom stereocenters. The van der Waals surface area contributed by atoms with Crippen LogP contribution in [-0.2, 0) is 9.53 Å². The molecule has 2 saturated heterocycles. The molecule has 2 heterocycles. The molecule has 0 bridgehead atoms. The largest absolute Gasteiger partial charge is 0.469 e. The van der Waals surface area contributed by atoms with Gasteiger partial charge >= 0.3 is 12.0 Å². The highest BCUT2D eigenvalue weighted by atomic mass is 16.5. The van der Waals surface area contributed by atoms with Crippen LogP contribution in [-0.4, -0.2) is 55.1 Å². The molecule has 2 aliphatic heterocycles. The van der Waals surface area contributed by atoms with Gasteiger partial charge in [0.05, 0.1) is 13.0 Å². The highest BCUT2D eigenvalue weighted by molar-refractivity contribution is 5.78. The minimum Gasteiger partial charge on any atom is -0.469 e. The Morgan fingerprint density at radius 2 is 1.83 bits per heavy atom. The minimum absolute atomic E-state index is 0.0907. The fourth-order valence-corrected chi connectivity index (χ4v) is 2.86. The van der Waals surface area contributed by atoms with Crippen LogP contribution < -0.4 is 0 Å². The molecule has 2 rings (SSSR count). The Balaban J connectivity index is 1.88. The number of likely N-dealkylation sites (tertiary alicyclic amines) is 2. The van der Waals surface area contributed by atoms with Crippen LogP contribution >= 0.6 is 0 Å². The Bertz CT molecular complexity index is 332. The van der Waals surface area contributed by atoms with E-state index in [1.54, 1.807) is 4.90 Å². The molecule has 5 heteroatoms. The van der Waals surface area contributed by atoms with Crippen LogP contribution in [0.1, 0.15) is 26.2 Å². The molecule has 5 nitrogen and oxygen atoms in total. The summed E-state index contributed by atoms with van der Waals surface area (Å²) in [5.74, 6) is 0.250. The number of esters is 1. The molecule has 0 N–H and O–H groups in total. The first kappa shape index (κ1) is 13.2. The monoisotopic (exact) mass is 254 g/mol. The van der Waals surface area contributed by atoms with E-state index in [1.165, 1.54) is 13.5 Å². The fraction of sp³-hybridized carbons (Fsp3) is 0.846. The summed E-state index contributed by atoms with van der Waals surface area (Å²) in [5.41, 5.74) is 0. The number of urea groups is 1. The van der Waals surface area contributed by atoms with Crippen LogP contribution in [0.25, 0.3) is 0 Å². The highest BCUT2D eigenvalue weighted by Crippen LogP contribution is 2.22. The van der Waals surface area contributed by atoms with Gasteiger partial charge in [-0.1, -0.05) is 6.92 Å². The fourth-order valence-electron chi connectivity index (χ4n) is 2.86. The van der Waals surface area contributed by atoms with Gasteiger partial charge in [0, 0.05) is 26.2 Å². The van der Waals surface area contributed by atoms with E-state index in [-0.39, 0.29) is 17.9 Å². The van der Waals surface area contributed by atoms with Gasteiger partial charge in [-0.3, -0.25) is 4.79 Å². The van der Waals surface area contributed by atoms with E-state index in [0.717, 1.165) is 25.9 Å². The van der Waals surface area contributed by atoms with Crippen molar-refractivity contribution in [3.63, 3.8) is 0 Å². The lowest BCUT2D eigenvalue weighted by Crippen LogP contribution is -2.46. The molecule has 0 aromatic rings. The van der Waals surface area contributed by atoms with Crippen molar-refractivity contribution in [1.82, 2.24) is 9.80 Å². The van der Waals surface area contributed by atoms with E-state index in [0.29, 0.717) is 19.0 Å². The number of hydrogen-bond donors (Lipinski definition) is 0. The van der Waals surface area contributed by atoms with Crippen molar-refractivity contribution < 1.29 is 14.3 Å². The summed E-state index contributed by atoms with van der Waals surface area (Å²) >= 11 is 0. The Morgan fingerprint density at radius 3 is 2.50 bits per heavy atom. The van der Waals surface area contributed by atoms with Crippen LogP contribution in [0.15, 0.2) is 0 Å². The van der Waals surface area contributed by atoms with Crippen LogP contribution in [0.3, 0.4) is 0 Å². The molecular weight excluding hydrogens is 232 g/mol. The van der Waals surface area contributed by atoms with E-state index in [9.17, 15) is 9.59 Å². The van der Waals surface area contributed by atoms with Crippen LogP contribution in [0.2, 0.25) is 0 Å². The number of carbonyl (C=O) groups excluding carboxylic acids is 2. The van der Waals surface area contributed by atoms with Crippen molar-refractivity contribution >= 4 is 12.0 Å². The van der Waals surface area contributed by atoms with Gasteiger partial charge < -0.3 is 14.5 Å². The quantitative estimate of drug-likeness (QED) is 0.663. The molecule has 2 amide bonds. The number of nitrogens with zero attached hydrogens (tertiary/aromatic N) is 2. The van der Waals surface area contributed by atoms with Crippen LogP contribution in [0.4, 0.5) is 4.79 Å². The second-order valence-electron chi connectivity index (χ2n) is 5.43. The van der Waals surface area contributed by atoms with Gasteiger partial charge in [-0.2, -0.15) is 0 Å². The average molecular weight is 254 g/mol. The number of methoxy groups -OCH3 is 1. The van der Waals surface area contributed by atoms with Crippen molar-refractivity contribution in [2.45, 2.75) is 26.2 Å². The maximum absolute atomic E-state index is 12.3. The Morgan fingerprint density at radius 1 is 1.11 bits per heavy atom. The van der Waals surface area contributed by atoms with Crippen molar-refractivity contribution in [2.75, 3.05) is 33.3 Å². The molecule has 0 aromatic heterocycles. The van der Waals surface area contributed by atoms with E-state index in [4.69, 9.17) is 4.74 Å². The summed E-state index contributed by atoms with van der Waals surface area (Å²) in [6.45, 7) is 5.06. The van der Waals surface area contributed by atoms with Gasteiger partial charge in [-0.15, -0.1) is 0 Å². The second-order valence-corrected chi connectivity index (χ2v) is 5.43. The van der Waals surface area contributed by atoms with E-state index in [2.05, 4.69) is 6.92 Å². The van der Waals surface area contributed by atoms with Crippen molar-refractivity contribution in [3.8, 4) is 0 Å². The van der Waals surface area contributed by atoms with Gasteiger partial charge in [0.15, 0.2) is 0 Å². The molecular formula is C13H22N2O3. The summed E-state index contributed by atoms with van der Waals surface area (Å²) in [4.78, 5) is 27.5. The predicted molar refractivity (Wildman–Crippen MR) is 67.1 cm³/mol. The molecule has 2 aliphatic rings. The van der Waals surface area contributed by atoms with Crippen molar-refractivity contribution in [3.05, 3.63) is 0 Å². The number of rotatable bonds is 1. The SMILES string of the molecule is COC(=O)C1CCN(C(=O)N2CCCC(C)C2)C1. The Labute approximate surface area is 108 Å². The van der Waals surface area contributed by atoms with Gasteiger partial charge in [0.2, 0.25) is 0 Å². The van der Waals surface area contributed by atoms with Crippen LogP contribution in [0, 0.1) is 11.8 Å². The van der Waals surface area contributed by atoms with Gasteiger partial charge in [0.25, 0.3) is 0 Å². The van der Waals surface area contributed by atoms with Crippen molar-refractivity contribution in [2.24, 2.45) is 11.8 Å². The van der Waals surface area contributed by atoms with Gasteiger partial charge in [0.1, 0.15) is 0 Å². The highest BCUT2D eigenvalue weighted by Gasteiger charge is 2.34. The Hall–Kier alpha value is -1.26. The molecule has 2 fully saturated rings. The molecule has 0 aromatic carbocycles. The molecule has 0 spiro atoms. The third-order valence-electron chi connectivity index (χ3n) is 3.92. The number of amides is 2. The summed E-state index contributed by atoms with van der Waals surface area (Å²) in [5, 5.41) is 0. The Kier molecular flexibility index (Phi) is 4.09. The average Bonchev–Trinajstić information content (AvgIpc) is 2.86. The summed E-state index contributed by atoms with van der Waals surface area (Å²) < 4.78 is 4.73. The molecule has 0 saturated carbocycles. The number of carbonyl (C=O) groups is 2. The third-order valence-corrected chi connectivity index (χ3v) is 3.92. The summed E-state index contributed by atoms with van der Waals surface area (Å²) in [6, 6.07) is 0.0907. The van der Waals surface area contributed by atoms with Gasteiger partial charge in [-0.05, 0) is 25.2 Å². The minimum atomic E-state index is -0.197. The molecule has 2 atom stereocenters. The van der Waals surface area contributed by atoms with Gasteiger partial charge in [-0.25, -0.2) is 4.79 Å². The third kappa shape index (κ3) is 2.76. The van der Waals surface area contributed by atoms with E-state index < -0.39 is 0 Å².